The number of nitrogens with zero attached hydrogens (tertiary/aromatic N) is 2. The molecule has 136 valence electrons. The van der Waals surface area contributed by atoms with E-state index in [1.54, 1.807) is 6.08 Å². The summed E-state index contributed by atoms with van der Waals surface area (Å²) in [7, 11) is 0. The second-order valence-corrected chi connectivity index (χ2v) is 7.71. The van der Waals surface area contributed by atoms with Gasteiger partial charge in [-0.3, -0.25) is 10.1 Å². The first kappa shape index (κ1) is 17.2. The van der Waals surface area contributed by atoms with Crippen LogP contribution in [0.15, 0.2) is 59.5 Å². The molecular weight excluding hydrogens is 352 g/mol. The number of para-hydroxylation sites is 1. The number of hydrogen-bond donors (Lipinski definition) is 0. The van der Waals surface area contributed by atoms with Crippen molar-refractivity contribution in [3.05, 3.63) is 75.2 Å². The lowest BCUT2D eigenvalue weighted by molar-refractivity contribution is -0.428. The summed E-state index contributed by atoms with van der Waals surface area (Å²) in [5.41, 5.74) is 1.87. The minimum Gasteiger partial charge on any atom is -0.798 e. The predicted molar refractivity (Wildman–Crippen MR) is 99.5 cm³/mol. The fraction of sp³-hybridized carbons (Fsp3) is 0.368. The second-order valence-electron chi connectivity index (χ2n) is 7.22. The molecule has 0 fully saturated rings. The summed E-state index contributed by atoms with van der Waals surface area (Å²) in [6.45, 7) is 4.22. The Kier molecular flexibility index (Phi) is 3.89. The molecule has 2 heterocycles. The summed E-state index contributed by atoms with van der Waals surface area (Å²) < 4.78 is 18.0. The average molecular weight is 371 g/mol. The van der Waals surface area contributed by atoms with E-state index in [0.29, 0.717) is 24.9 Å². The highest BCUT2D eigenvalue weighted by molar-refractivity contribution is 7.93. The molecule has 0 saturated carbocycles. The molecule has 1 aromatic carbocycles. The van der Waals surface area contributed by atoms with Crippen LogP contribution >= 0.6 is 12.0 Å². The van der Waals surface area contributed by atoms with Crippen LogP contribution in [0.5, 0.6) is 0 Å². The number of nitro groups is 1. The van der Waals surface area contributed by atoms with Crippen LogP contribution in [0, 0.1) is 10.1 Å². The number of ether oxygens (including phenoxy) is 1. The SMILES string of the molecule is CC1(C)c2ccccc2N(CS[O-])[C@@]12C=CC1=C(CCC([N+](=O)[O-])=C1)O2. The number of benzene rings is 1. The van der Waals surface area contributed by atoms with Crippen molar-refractivity contribution in [3.63, 3.8) is 0 Å². The highest BCUT2D eigenvalue weighted by atomic mass is 32.2. The second kappa shape index (κ2) is 5.89. The largest absolute Gasteiger partial charge is 0.798 e. The van der Waals surface area contributed by atoms with Gasteiger partial charge in [-0.25, -0.2) is 12.0 Å². The maximum atomic E-state index is 11.4. The van der Waals surface area contributed by atoms with Crippen molar-refractivity contribution in [2.75, 3.05) is 10.8 Å². The standard InChI is InChI=1S/C19H20N2O4S/c1-18(2)15-5-3-4-6-16(15)20(12-26-24)19(18)10-9-13-11-14(21(22)23)7-8-17(13)25-19/h3-6,9-11,24H,7-8,12H2,1-2H3/p-1/t19-/m1/s1. The first-order chi connectivity index (χ1) is 12.4. The number of allylic oxidation sites excluding steroid dienone is 5. The highest BCUT2D eigenvalue weighted by Crippen LogP contribution is 2.56. The third-order valence-electron chi connectivity index (χ3n) is 5.60. The van der Waals surface area contributed by atoms with E-state index in [2.05, 4.69) is 19.9 Å². The molecule has 6 nitrogen and oxygen atoms in total. The van der Waals surface area contributed by atoms with Gasteiger partial charge in [-0.2, -0.15) is 0 Å². The van der Waals surface area contributed by atoms with E-state index in [-0.39, 0.29) is 21.9 Å². The van der Waals surface area contributed by atoms with Gasteiger partial charge in [0.25, 0.3) is 0 Å². The van der Waals surface area contributed by atoms with Crippen LogP contribution < -0.4 is 4.90 Å². The Morgan fingerprint density at radius 1 is 1.31 bits per heavy atom. The molecule has 7 heteroatoms. The molecule has 0 radical (unpaired) electrons. The van der Waals surface area contributed by atoms with Crippen LogP contribution in [0.1, 0.15) is 32.3 Å². The summed E-state index contributed by atoms with van der Waals surface area (Å²) in [5, 5.41) is 11.1. The minimum absolute atomic E-state index is 0.203. The maximum Gasteiger partial charge on any atom is 0.247 e. The Hall–Kier alpha value is -2.25. The van der Waals surface area contributed by atoms with Crippen LogP contribution in [-0.4, -0.2) is 21.1 Å². The van der Waals surface area contributed by atoms with Crippen molar-refractivity contribution in [2.45, 2.75) is 37.8 Å². The Morgan fingerprint density at radius 3 is 2.81 bits per heavy atom. The van der Waals surface area contributed by atoms with E-state index < -0.39 is 5.72 Å². The molecule has 4 rings (SSSR count). The van der Waals surface area contributed by atoms with Crippen molar-refractivity contribution in [1.82, 2.24) is 0 Å². The molecule has 0 amide bonds. The molecule has 0 aromatic heterocycles. The zero-order valence-corrected chi connectivity index (χ0v) is 15.4. The zero-order chi connectivity index (χ0) is 18.5. The number of rotatable bonds is 3. The lowest BCUT2D eigenvalue weighted by atomic mass is 9.76. The van der Waals surface area contributed by atoms with Gasteiger partial charge in [-0.15, -0.1) is 0 Å². The molecule has 1 aliphatic carbocycles. The fourth-order valence-corrected chi connectivity index (χ4v) is 4.62. The fourth-order valence-electron chi connectivity index (χ4n) is 4.18. The van der Waals surface area contributed by atoms with Crippen LogP contribution in [0.4, 0.5) is 5.69 Å². The maximum absolute atomic E-state index is 11.4. The van der Waals surface area contributed by atoms with Gasteiger partial charge in [0, 0.05) is 30.2 Å². The van der Waals surface area contributed by atoms with Gasteiger partial charge in [-0.05, 0) is 37.6 Å². The van der Waals surface area contributed by atoms with Gasteiger partial charge < -0.3 is 14.2 Å². The number of hydrogen-bond acceptors (Lipinski definition) is 6. The molecule has 0 N–H and O–H groups in total. The third-order valence-corrected chi connectivity index (χ3v) is 5.96. The smallest absolute Gasteiger partial charge is 0.247 e. The van der Waals surface area contributed by atoms with Crippen molar-refractivity contribution in [2.24, 2.45) is 0 Å². The molecule has 2 aliphatic heterocycles. The summed E-state index contributed by atoms with van der Waals surface area (Å²) in [5.74, 6) is 1.00. The topological polar surface area (TPSA) is 78.7 Å². The molecule has 0 unspecified atom stereocenters. The minimum atomic E-state index is -0.813. The van der Waals surface area contributed by atoms with E-state index in [1.807, 2.05) is 35.3 Å². The number of fused-ring (bicyclic) bond motifs is 1. The van der Waals surface area contributed by atoms with Crippen molar-refractivity contribution < 1.29 is 14.2 Å². The Bertz CT molecular complexity index is 874. The van der Waals surface area contributed by atoms with E-state index in [4.69, 9.17) is 4.74 Å². The summed E-state index contributed by atoms with van der Waals surface area (Å²) in [6.07, 6.45) is 6.27. The molecule has 3 aliphatic rings. The Morgan fingerprint density at radius 2 is 2.08 bits per heavy atom. The summed E-state index contributed by atoms with van der Waals surface area (Å²) >= 11 is 0.509. The first-order valence-corrected chi connectivity index (χ1v) is 9.40. The van der Waals surface area contributed by atoms with Gasteiger partial charge in [0.05, 0.1) is 16.2 Å². The van der Waals surface area contributed by atoms with Gasteiger partial charge >= 0.3 is 0 Å². The monoisotopic (exact) mass is 371 g/mol. The van der Waals surface area contributed by atoms with Gasteiger partial charge in [-0.1, -0.05) is 18.2 Å². The van der Waals surface area contributed by atoms with Crippen molar-refractivity contribution >= 4 is 17.7 Å². The third kappa shape index (κ3) is 2.23. The van der Waals surface area contributed by atoms with Crippen LogP contribution in [-0.2, 0) is 10.2 Å². The lowest BCUT2D eigenvalue weighted by Gasteiger charge is -2.48. The molecule has 1 atom stereocenters. The Labute approximate surface area is 156 Å². The zero-order valence-electron chi connectivity index (χ0n) is 14.6. The van der Waals surface area contributed by atoms with E-state index in [9.17, 15) is 14.7 Å². The van der Waals surface area contributed by atoms with E-state index in [0.717, 1.165) is 22.6 Å². The molecule has 1 aromatic rings. The molecule has 1 spiro atoms. The average Bonchev–Trinajstić information content (AvgIpc) is 2.81. The molecule has 0 bridgehead atoms. The highest BCUT2D eigenvalue weighted by Gasteiger charge is 2.58. The van der Waals surface area contributed by atoms with Crippen LogP contribution in [0.2, 0.25) is 0 Å². The van der Waals surface area contributed by atoms with Crippen molar-refractivity contribution in [1.29, 1.82) is 0 Å². The van der Waals surface area contributed by atoms with Gasteiger partial charge in [0.2, 0.25) is 11.4 Å². The first-order valence-electron chi connectivity index (χ1n) is 8.49. The summed E-state index contributed by atoms with van der Waals surface area (Å²) in [6, 6.07) is 8.03. The van der Waals surface area contributed by atoms with E-state index in [1.165, 1.54) is 0 Å². The number of anilines is 1. The van der Waals surface area contributed by atoms with Gasteiger partial charge in [0.15, 0.2) is 0 Å². The Balaban J connectivity index is 1.80. The molecule has 0 saturated heterocycles. The normalized spacial score (nSPS) is 25.7. The van der Waals surface area contributed by atoms with Crippen molar-refractivity contribution in [3.8, 4) is 0 Å². The van der Waals surface area contributed by atoms with Crippen LogP contribution in [0.3, 0.4) is 0 Å². The van der Waals surface area contributed by atoms with Crippen LogP contribution in [0.25, 0.3) is 0 Å². The van der Waals surface area contributed by atoms with E-state index >= 15 is 0 Å². The molecular formula is C19H19N2O4S-. The summed E-state index contributed by atoms with van der Waals surface area (Å²) in [4.78, 5) is 12.7. The quantitative estimate of drug-likeness (QED) is 0.452. The lowest BCUT2D eigenvalue weighted by Crippen LogP contribution is -2.57. The molecule has 26 heavy (non-hydrogen) atoms. The van der Waals surface area contributed by atoms with Gasteiger partial charge in [0.1, 0.15) is 5.76 Å². The predicted octanol–water partition coefficient (Wildman–Crippen LogP) is 4.10.